The van der Waals surface area contributed by atoms with Gasteiger partial charge in [-0.15, -0.1) is 0 Å². The summed E-state index contributed by atoms with van der Waals surface area (Å²) in [5.41, 5.74) is 3.53. The van der Waals surface area contributed by atoms with Gasteiger partial charge in [0.05, 0.1) is 12.5 Å². The second kappa shape index (κ2) is 7.21. The SMILES string of the molecule is C=C(C)[C@@H]1CC[C@](C)(O[PH](=S)c2cc(C)ccc2C)[C@@H](S)C1. The van der Waals surface area contributed by atoms with E-state index in [1.54, 1.807) is 0 Å². The van der Waals surface area contributed by atoms with Gasteiger partial charge in [-0.3, -0.25) is 0 Å². The second-order valence-electron chi connectivity index (χ2n) is 6.85. The van der Waals surface area contributed by atoms with Gasteiger partial charge in [0.25, 0.3) is 0 Å². The molecule has 0 N–H and O–H groups in total. The molecule has 1 unspecified atom stereocenters. The number of allylic oxidation sites excluding steroid dienone is 1. The van der Waals surface area contributed by atoms with Crippen molar-refractivity contribution in [2.45, 2.75) is 57.8 Å². The zero-order valence-electron chi connectivity index (χ0n) is 14.0. The molecule has 1 saturated carbocycles. The predicted molar refractivity (Wildman–Crippen MR) is 106 cm³/mol. The van der Waals surface area contributed by atoms with Gasteiger partial charge in [-0.25, -0.2) is 0 Å². The minimum atomic E-state index is -1.43. The van der Waals surface area contributed by atoms with Crippen molar-refractivity contribution in [1.29, 1.82) is 0 Å². The van der Waals surface area contributed by atoms with Gasteiger partial charge in [-0.2, -0.15) is 12.6 Å². The molecule has 1 fully saturated rings. The van der Waals surface area contributed by atoms with Crippen LogP contribution in [0.4, 0.5) is 0 Å². The Morgan fingerprint density at radius 3 is 2.73 bits per heavy atom. The van der Waals surface area contributed by atoms with E-state index in [1.165, 1.54) is 22.0 Å². The second-order valence-corrected chi connectivity index (χ2v) is 9.91. The molecule has 0 radical (unpaired) electrons. The van der Waals surface area contributed by atoms with Gasteiger partial charge >= 0.3 is 0 Å². The first-order valence-corrected chi connectivity index (χ1v) is 10.9. The Hall–Kier alpha value is -0.0800. The Morgan fingerprint density at radius 1 is 1.45 bits per heavy atom. The molecule has 1 aliphatic rings. The van der Waals surface area contributed by atoms with Crippen LogP contribution in [0.3, 0.4) is 0 Å². The standard InChI is InChI=1S/C18H27OPS2/c1-12(2)15-8-9-18(5,17(21)11-15)19-20(22)16-10-13(3)6-7-14(16)4/h6-7,10,15,17,20-21H,1,8-9,11H2,2-5H3/t15-,17+,18+/m1/s1. The van der Waals surface area contributed by atoms with Crippen molar-refractivity contribution >= 4 is 36.7 Å². The van der Waals surface area contributed by atoms with Crippen LogP contribution in [0.25, 0.3) is 0 Å². The van der Waals surface area contributed by atoms with Crippen LogP contribution in [0, 0.1) is 19.8 Å². The first-order chi connectivity index (χ1) is 10.2. The van der Waals surface area contributed by atoms with Gasteiger partial charge in [-0.05, 0) is 64.5 Å². The van der Waals surface area contributed by atoms with Gasteiger partial charge in [0.1, 0.15) is 0 Å². The molecule has 122 valence electrons. The van der Waals surface area contributed by atoms with Gasteiger partial charge in [0.15, 0.2) is 0 Å². The fourth-order valence-corrected chi connectivity index (χ4v) is 6.35. The Bertz CT molecular complexity index is 599. The monoisotopic (exact) mass is 354 g/mol. The highest BCUT2D eigenvalue weighted by atomic mass is 32.4. The maximum atomic E-state index is 6.45. The quantitative estimate of drug-likeness (QED) is 0.464. The van der Waals surface area contributed by atoms with E-state index in [2.05, 4.69) is 52.5 Å². The van der Waals surface area contributed by atoms with E-state index in [0.29, 0.717) is 5.92 Å². The molecule has 0 spiro atoms. The Morgan fingerprint density at radius 2 is 2.14 bits per heavy atom. The lowest BCUT2D eigenvalue weighted by Gasteiger charge is -2.42. The van der Waals surface area contributed by atoms with Crippen LogP contribution < -0.4 is 5.30 Å². The van der Waals surface area contributed by atoms with Crippen LogP contribution in [-0.2, 0) is 16.3 Å². The predicted octanol–water partition coefficient (Wildman–Crippen LogP) is 4.97. The lowest BCUT2D eigenvalue weighted by atomic mass is 9.77. The Labute approximate surface area is 146 Å². The highest BCUT2D eigenvalue weighted by Crippen LogP contribution is 2.45. The van der Waals surface area contributed by atoms with Gasteiger partial charge in [0.2, 0.25) is 0 Å². The summed E-state index contributed by atoms with van der Waals surface area (Å²) in [5, 5.41) is 1.43. The lowest BCUT2D eigenvalue weighted by Crippen LogP contribution is -2.43. The molecule has 0 saturated heterocycles. The van der Waals surface area contributed by atoms with Gasteiger partial charge in [-0.1, -0.05) is 41.7 Å². The molecule has 4 heteroatoms. The average molecular weight is 355 g/mol. The summed E-state index contributed by atoms with van der Waals surface area (Å²) in [5.74, 6) is 0.570. The molecule has 1 nitrogen and oxygen atoms in total. The fraction of sp³-hybridized carbons (Fsp3) is 0.556. The number of hydrogen-bond acceptors (Lipinski definition) is 3. The highest BCUT2D eigenvalue weighted by molar-refractivity contribution is 8.06. The minimum Gasteiger partial charge on any atom is -0.342 e. The molecular formula is C18H27OPS2. The molecule has 2 rings (SSSR count). The van der Waals surface area contributed by atoms with E-state index in [1.807, 2.05) is 0 Å². The van der Waals surface area contributed by atoms with E-state index in [0.717, 1.165) is 19.3 Å². The molecule has 0 bridgehead atoms. The molecule has 22 heavy (non-hydrogen) atoms. The molecule has 1 aromatic rings. The largest absolute Gasteiger partial charge is 0.342 e. The lowest BCUT2D eigenvalue weighted by molar-refractivity contribution is 0.0627. The minimum absolute atomic E-state index is 0.219. The molecule has 0 aliphatic heterocycles. The van der Waals surface area contributed by atoms with E-state index in [9.17, 15) is 0 Å². The summed E-state index contributed by atoms with van der Waals surface area (Å²) in [6.07, 6.45) is 3.17. The maximum absolute atomic E-state index is 6.45. The fourth-order valence-electron chi connectivity index (χ4n) is 3.05. The maximum Gasteiger partial charge on any atom is 0.0843 e. The number of benzene rings is 1. The number of thiol groups is 1. The Balaban J connectivity index is 2.14. The number of rotatable bonds is 4. The third-order valence-electron chi connectivity index (χ3n) is 4.84. The van der Waals surface area contributed by atoms with Crippen molar-refractivity contribution in [3.63, 3.8) is 0 Å². The third-order valence-corrected chi connectivity index (χ3v) is 8.13. The van der Waals surface area contributed by atoms with E-state index in [-0.39, 0.29) is 10.9 Å². The summed E-state index contributed by atoms with van der Waals surface area (Å²) >= 11 is 10.6. The molecular weight excluding hydrogens is 327 g/mol. The zero-order valence-corrected chi connectivity index (χ0v) is 16.7. The van der Waals surface area contributed by atoms with Crippen molar-refractivity contribution in [2.75, 3.05) is 0 Å². The number of aryl methyl sites for hydroxylation is 2. The molecule has 4 atom stereocenters. The van der Waals surface area contributed by atoms with Gasteiger partial charge in [0, 0.05) is 10.6 Å². The summed E-state index contributed by atoms with van der Waals surface area (Å²) < 4.78 is 6.45. The van der Waals surface area contributed by atoms with E-state index >= 15 is 0 Å². The molecule has 0 amide bonds. The summed E-state index contributed by atoms with van der Waals surface area (Å²) in [7, 11) is 0. The Kier molecular flexibility index (Phi) is 5.99. The van der Waals surface area contributed by atoms with Crippen LogP contribution in [0.2, 0.25) is 0 Å². The summed E-state index contributed by atoms with van der Waals surface area (Å²) in [6, 6.07) is 6.46. The highest BCUT2D eigenvalue weighted by Gasteiger charge is 2.40. The average Bonchev–Trinajstić information content (AvgIpc) is 2.44. The smallest absolute Gasteiger partial charge is 0.0843 e. The van der Waals surface area contributed by atoms with Crippen LogP contribution in [0.15, 0.2) is 30.4 Å². The van der Waals surface area contributed by atoms with Gasteiger partial charge < -0.3 is 4.52 Å². The molecule has 0 heterocycles. The number of hydrogen-bond donors (Lipinski definition) is 1. The topological polar surface area (TPSA) is 9.23 Å². The van der Waals surface area contributed by atoms with E-state index < -0.39 is 6.92 Å². The first kappa shape index (κ1) is 18.3. The molecule has 1 aromatic carbocycles. The van der Waals surface area contributed by atoms with Crippen LogP contribution >= 0.6 is 19.6 Å². The van der Waals surface area contributed by atoms with Crippen LogP contribution in [0.5, 0.6) is 0 Å². The van der Waals surface area contributed by atoms with Crippen molar-refractivity contribution < 1.29 is 4.52 Å². The summed E-state index contributed by atoms with van der Waals surface area (Å²) in [4.78, 5) is 0. The van der Waals surface area contributed by atoms with Crippen molar-refractivity contribution in [1.82, 2.24) is 0 Å². The molecule has 1 aliphatic carbocycles. The first-order valence-electron chi connectivity index (χ1n) is 7.87. The normalized spacial score (nSPS) is 30.0. The van der Waals surface area contributed by atoms with Crippen LogP contribution in [-0.4, -0.2) is 10.9 Å². The zero-order chi connectivity index (χ0) is 16.5. The third kappa shape index (κ3) is 4.06. The van der Waals surface area contributed by atoms with Crippen molar-refractivity contribution in [3.05, 3.63) is 41.5 Å². The van der Waals surface area contributed by atoms with Crippen molar-refractivity contribution in [2.24, 2.45) is 5.92 Å². The molecule has 0 aromatic heterocycles. The summed E-state index contributed by atoms with van der Waals surface area (Å²) in [6.45, 7) is 11.2. The van der Waals surface area contributed by atoms with Crippen molar-refractivity contribution in [3.8, 4) is 0 Å². The van der Waals surface area contributed by atoms with Crippen LogP contribution in [0.1, 0.15) is 44.2 Å². The van der Waals surface area contributed by atoms with E-state index in [4.69, 9.17) is 29.0 Å².